The number of hydrogen-bond donors (Lipinski definition) is 1. The Hall–Kier alpha value is -3.40. The first kappa shape index (κ1) is 25.2. The van der Waals surface area contributed by atoms with Crippen molar-refractivity contribution in [1.29, 1.82) is 0 Å². The Morgan fingerprint density at radius 3 is 2.41 bits per heavy atom. The zero-order valence-corrected chi connectivity index (χ0v) is 19.9. The summed E-state index contributed by atoms with van der Waals surface area (Å²) in [6.07, 6.45) is 2.81. The number of carbonyl (C=O) groups excluding carboxylic acids is 2. The fourth-order valence-corrected chi connectivity index (χ4v) is 3.49. The molecule has 0 spiro atoms. The van der Waals surface area contributed by atoms with Crippen LogP contribution in [0.2, 0.25) is 0 Å². The van der Waals surface area contributed by atoms with E-state index in [1.165, 1.54) is 24.3 Å². The lowest BCUT2D eigenvalue weighted by molar-refractivity contribution is -0.137. The summed E-state index contributed by atoms with van der Waals surface area (Å²) in [7, 11) is 0. The van der Waals surface area contributed by atoms with Gasteiger partial charge in [0.25, 0.3) is 0 Å². The molecular weight excluding hydrogens is 443 g/mol. The molecule has 184 valence electrons. The highest BCUT2D eigenvalue weighted by molar-refractivity contribution is 5.92. The van der Waals surface area contributed by atoms with Crippen molar-refractivity contribution < 1.29 is 28.6 Å². The van der Waals surface area contributed by atoms with Gasteiger partial charge in [0, 0.05) is 44.1 Å². The van der Waals surface area contributed by atoms with Crippen molar-refractivity contribution in [3.8, 4) is 0 Å². The molecule has 0 aliphatic carbocycles. The summed E-state index contributed by atoms with van der Waals surface area (Å²) < 4.78 is 23.8. The largest absolute Gasteiger partial charge is 0.463 e. The first-order valence-electron chi connectivity index (χ1n) is 11.2. The normalized spacial score (nSPS) is 19.1. The minimum Gasteiger partial charge on any atom is -0.463 e. The molecule has 34 heavy (non-hydrogen) atoms. The van der Waals surface area contributed by atoms with Crippen LogP contribution in [0.25, 0.3) is 0 Å². The zero-order valence-electron chi connectivity index (χ0n) is 19.9. The van der Waals surface area contributed by atoms with Crippen molar-refractivity contribution >= 4 is 23.6 Å². The minimum absolute atomic E-state index is 0.249. The molecule has 0 bridgehead atoms. The second-order valence-corrected chi connectivity index (χ2v) is 8.82. The van der Waals surface area contributed by atoms with Gasteiger partial charge in [-0.3, -0.25) is 0 Å². The quantitative estimate of drug-likeness (QED) is 0.530. The first-order valence-corrected chi connectivity index (χ1v) is 11.2. The van der Waals surface area contributed by atoms with E-state index in [0.29, 0.717) is 43.4 Å². The first-order chi connectivity index (χ1) is 16.1. The van der Waals surface area contributed by atoms with E-state index in [1.54, 1.807) is 35.1 Å². The fourth-order valence-electron chi connectivity index (χ4n) is 3.49. The molecule has 2 aliphatic rings. The molecule has 2 heterocycles. The van der Waals surface area contributed by atoms with Crippen LogP contribution in [-0.4, -0.2) is 77.4 Å². The van der Waals surface area contributed by atoms with E-state index in [4.69, 9.17) is 9.47 Å². The number of carbonyl (C=O) groups is 2. The number of benzene rings is 1. The number of piperazine rings is 1. The average Bonchev–Trinajstić information content (AvgIpc) is 2.78. The van der Waals surface area contributed by atoms with Crippen molar-refractivity contribution in [2.75, 3.05) is 37.7 Å². The Morgan fingerprint density at radius 2 is 1.82 bits per heavy atom. The van der Waals surface area contributed by atoms with Gasteiger partial charge in [-0.2, -0.15) is 0 Å². The maximum Gasteiger partial charge on any atom is 0.410 e. The molecule has 0 saturated carbocycles. The van der Waals surface area contributed by atoms with Gasteiger partial charge in [0.1, 0.15) is 11.4 Å². The van der Waals surface area contributed by atoms with Crippen molar-refractivity contribution in [3.05, 3.63) is 54.1 Å². The van der Waals surface area contributed by atoms with E-state index >= 15 is 0 Å². The third-order valence-corrected chi connectivity index (χ3v) is 5.07. The number of nitrogens with zero attached hydrogens (tertiary/aromatic N) is 4. The minimum atomic E-state index is -1.14. The highest BCUT2D eigenvalue weighted by atomic mass is 19.1. The van der Waals surface area contributed by atoms with Crippen LogP contribution in [-0.2, 0) is 14.3 Å². The number of aliphatic hydroxyl groups excluding tert-OH is 1. The summed E-state index contributed by atoms with van der Waals surface area (Å²) >= 11 is 0. The summed E-state index contributed by atoms with van der Waals surface area (Å²) in [5, 5.41) is 11.1. The average molecular weight is 475 g/mol. The van der Waals surface area contributed by atoms with Gasteiger partial charge in [-0.15, -0.1) is 0 Å². The number of amides is 1. The zero-order chi connectivity index (χ0) is 24.9. The molecule has 1 N–H and O–H groups in total. The monoisotopic (exact) mass is 474 g/mol. The van der Waals surface area contributed by atoms with Gasteiger partial charge >= 0.3 is 12.1 Å². The van der Waals surface area contributed by atoms with Crippen LogP contribution in [0.15, 0.2) is 53.3 Å². The van der Waals surface area contributed by atoms with Gasteiger partial charge < -0.3 is 29.3 Å². The number of aliphatic hydroxyl groups is 1. The second kappa shape index (κ2) is 10.7. The number of esters is 1. The molecule has 2 aliphatic heterocycles. The second-order valence-electron chi connectivity index (χ2n) is 8.82. The van der Waals surface area contributed by atoms with Gasteiger partial charge in [-0.25, -0.2) is 19.0 Å². The Balaban J connectivity index is 1.80. The molecule has 0 aromatic heterocycles. The highest BCUT2D eigenvalue weighted by Crippen LogP contribution is 2.25. The number of hydrogen-bond acceptors (Lipinski definition) is 8. The number of ether oxygens (including phenoxy) is 2. The Morgan fingerprint density at radius 1 is 1.18 bits per heavy atom. The number of rotatable bonds is 4. The highest BCUT2D eigenvalue weighted by Gasteiger charge is 2.33. The third-order valence-electron chi connectivity index (χ3n) is 5.07. The van der Waals surface area contributed by atoms with Gasteiger partial charge in [0.15, 0.2) is 12.1 Å². The van der Waals surface area contributed by atoms with Crippen LogP contribution in [0.4, 0.5) is 14.9 Å². The van der Waals surface area contributed by atoms with Crippen LogP contribution in [0.3, 0.4) is 0 Å². The fraction of sp³-hybridized carbons (Fsp3) is 0.458. The molecule has 1 saturated heterocycles. The van der Waals surface area contributed by atoms with Crippen molar-refractivity contribution in [3.63, 3.8) is 0 Å². The van der Waals surface area contributed by atoms with Crippen LogP contribution >= 0.6 is 0 Å². The Bertz CT molecular complexity index is 976. The predicted molar refractivity (Wildman–Crippen MR) is 126 cm³/mol. The topological polar surface area (TPSA) is 94.9 Å². The summed E-state index contributed by atoms with van der Waals surface area (Å²) in [6.45, 7) is 9.07. The van der Waals surface area contributed by atoms with E-state index in [0.717, 1.165) is 0 Å². The maximum absolute atomic E-state index is 13.4. The van der Waals surface area contributed by atoms with Crippen LogP contribution in [0.1, 0.15) is 27.7 Å². The SMILES string of the molecule is CCOC(=O)/C=C/C1=CN(c2ccc(F)cc2)C(O)C(N2CCN(C(=O)OC(C)(C)C)CC2)=N1. The molecule has 1 amide bonds. The lowest BCUT2D eigenvalue weighted by Gasteiger charge is -2.41. The van der Waals surface area contributed by atoms with E-state index in [-0.39, 0.29) is 12.7 Å². The van der Waals surface area contributed by atoms with Crippen LogP contribution in [0.5, 0.6) is 0 Å². The van der Waals surface area contributed by atoms with E-state index in [2.05, 4.69) is 4.99 Å². The molecule has 1 fully saturated rings. The molecule has 10 heteroatoms. The van der Waals surface area contributed by atoms with Gasteiger partial charge in [0.2, 0.25) is 0 Å². The number of halogens is 1. The lowest BCUT2D eigenvalue weighted by Crippen LogP contribution is -2.56. The molecule has 1 aromatic carbocycles. The van der Waals surface area contributed by atoms with Gasteiger partial charge in [-0.05, 0) is 58.0 Å². The van der Waals surface area contributed by atoms with Crippen molar-refractivity contribution in [1.82, 2.24) is 9.80 Å². The number of allylic oxidation sites excluding steroid dienone is 1. The standard InChI is InChI=1S/C24H31FN4O5/c1-5-33-20(30)11-8-18-16-29(19-9-6-17(25)7-10-19)22(31)21(26-18)27-12-14-28(15-13-27)23(32)34-24(2,3)4/h6-11,16,22,31H,5,12-15H2,1-4H3/b11-8+. The van der Waals surface area contributed by atoms with Crippen LogP contribution in [0, 0.1) is 5.82 Å². The predicted octanol–water partition coefficient (Wildman–Crippen LogP) is 2.88. The third kappa shape index (κ3) is 6.57. The van der Waals surface area contributed by atoms with Gasteiger partial charge in [-0.1, -0.05) is 0 Å². The van der Waals surface area contributed by atoms with E-state index < -0.39 is 23.6 Å². The molecule has 0 radical (unpaired) electrons. The van der Waals surface area contributed by atoms with Gasteiger partial charge in [0.05, 0.1) is 12.3 Å². The summed E-state index contributed by atoms with van der Waals surface area (Å²) in [4.78, 5) is 33.8. The lowest BCUT2D eigenvalue weighted by atomic mass is 10.2. The summed E-state index contributed by atoms with van der Waals surface area (Å²) in [5.41, 5.74) is 0.376. The summed E-state index contributed by atoms with van der Waals surface area (Å²) in [5.74, 6) is -0.543. The summed E-state index contributed by atoms with van der Waals surface area (Å²) in [6, 6.07) is 5.69. The molecule has 3 rings (SSSR count). The number of amidine groups is 1. The Labute approximate surface area is 198 Å². The molecule has 1 unspecified atom stereocenters. The molecule has 1 aromatic rings. The molecule has 9 nitrogen and oxygen atoms in total. The van der Waals surface area contributed by atoms with E-state index in [9.17, 15) is 19.1 Å². The molecule has 1 atom stereocenters. The number of anilines is 1. The van der Waals surface area contributed by atoms with Crippen molar-refractivity contribution in [2.45, 2.75) is 39.5 Å². The molecular formula is C24H31FN4O5. The van der Waals surface area contributed by atoms with E-state index in [1.807, 2.05) is 25.7 Å². The smallest absolute Gasteiger partial charge is 0.410 e. The number of aliphatic imine (C=N–C) groups is 1. The maximum atomic E-state index is 13.4. The van der Waals surface area contributed by atoms with Crippen LogP contribution < -0.4 is 4.90 Å². The van der Waals surface area contributed by atoms with Crippen molar-refractivity contribution in [2.24, 2.45) is 4.99 Å². The Kier molecular flexibility index (Phi) is 7.93.